The number of anilines is 1. The summed E-state index contributed by atoms with van der Waals surface area (Å²) in [6.07, 6.45) is 3.57. The standard InChI is InChI=1S/C21H21NO4S/c23-21(24)14-3-1-2-13(9-14)20-19-12-5-4-11(8-12)18(19)16-10-15(27(25)26)6-7-17(16)22-20/h1-3,6-7,9-12,18-20,22H,4-5,8H2,(H,23,24)(H,25,26)/p-1. The molecule has 2 fully saturated rings. The summed E-state index contributed by atoms with van der Waals surface area (Å²) in [5.74, 6) is 0.972. The monoisotopic (exact) mass is 382 g/mol. The van der Waals surface area contributed by atoms with Crippen LogP contribution in [0, 0.1) is 17.8 Å². The molecule has 3 aliphatic rings. The number of carboxylic acid groups (broad SMARTS) is 1. The Morgan fingerprint density at radius 2 is 1.96 bits per heavy atom. The zero-order valence-electron chi connectivity index (χ0n) is 14.6. The Bertz CT molecular complexity index is 959. The number of aromatic carboxylic acids is 1. The number of nitrogens with one attached hydrogen (secondary N) is 1. The van der Waals surface area contributed by atoms with Crippen molar-refractivity contribution in [2.24, 2.45) is 17.8 Å². The Kier molecular flexibility index (Phi) is 3.88. The molecule has 0 saturated heterocycles. The maximum atomic E-state index is 11.4. The molecule has 6 unspecified atom stereocenters. The van der Waals surface area contributed by atoms with Gasteiger partial charge in [0.25, 0.3) is 0 Å². The molecule has 0 radical (unpaired) electrons. The van der Waals surface area contributed by atoms with Gasteiger partial charge in [-0.3, -0.25) is 4.21 Å². The summed E-state index contributed by atoms with van der Waals surface area (Å²) in [5, 5.41) is 13.0. The summed E-state index contributed by atoms with van der Waals surface area (Å²) >= 11 is -2.23. The lowest BCUT2D eigenvalue weighted by Crippen LogP contribution is -2.35. The van der Waals surface area contributed by atoms with Gasteiger partial charge in [0.1, 0.15) is 0 Å². The highest BCUT2D eigenvalue weighted by Gasteiger charge is 2.53. The molecule has 6 heteroatoms. The molecule has 2 N–H and O–H groups in total. The van der Waals surface area contributed by atoms with Gasteiger partial charge in [-0.05, 0) is 95.5 Å². The average molecular weight is 382 g/mol. The highest BCUT2D eigenvalue weighted by Crippen LogP contribution is 2.63. The molecule has 0 amide bonds. The van der Waals surface area contributed by atoms with Crippen molar-refractivity contribution >= 4 is 22.7 Å². The first kappa shape index (κ1) is 17.0. The highest BCUT2D eigenvalue weighted by molar-refractivity contribution is 7.79. The van der Waals surface area contributed by atoms with E-state index in [0.29, 0.717) is 34.1 Å². The predicted octanol–water partition coefficient (Wildman–Crippen LogP) is 3.92. The minimum absolute atomic E-state index is 0.0562. The number of carboxylic acids is 1. The summed E-state index contributed by atoms with van der Waals surface area (Å²) < 4.78 is 22.9. The van der Waals surface area contributed by atoms with Crippen LogP contribution in [0.15, 0.2) is 47.4 Å². The fraction of sp³-hybridized carbons (Fsp3) is 0.381. The first-order valence-electron chi connectivity index (χ1n) is 9.36. The first-order chi connectivity index (χ1) is 13.0. The molecule has 1 heterocycles. The van der Waals surface area contributed by atoms with Crippen molar-refractivity contribution in [1.29, 1.82) is 0 Å². The summed E-state index contributed by atoms with van der Waals surface area (Å²) in [6.45, 7) is 0. The van der Waals surface area contributed by atoms with E-state index in [1.54, 1.807) is 18.2 Å². The van der Waals surface area contributed by atoms with E-state index < -0.39 is 17.0 Å². The van der Waals surface area contributed by atoms with Gasteiger partial charge in [0.15, 0.2) is 0 Å². The summed E-state index contributed by atoms with van der Waals surface area (Å²) in [5.41, 5.74) is 3.39. The fourth-order valence-corrected chi connectivity index (χ4v) is 6.17. The third kappa shape index (κ3) is 2.62. The van der Waals surface area contributed by atoms with Crippen LogP contribution in [-0.2, 0) is 11.1 Å². The van der Waals surface area contributed by atoms with Crippen LogP contribution in [-0.4, -0.2) is 19.8 Å². The minimum Gasteiger partial charge on any atom is -0.768 e. The van der Waals surface area contributed by atoms with E-state index in [2.05, 4.69) is 5.32 Å². The van der Waals surface area contributed by atoms with Gasteiger partial charge in [-0.15, -0.1) is 0 Å². The van der Waals surface area contributed by atoms with Crippen molar-refractivity contribution in [1.82, 2.24) is 0 Å². The molecule has 140 valence electrons. The molecule has 2 aliphatic carbocycles. The Hall–Kier alpha value is -2.18. The van der Waals surface area contributed by atoms with E-state index in [1.165, 1.54) is 19.3 Å². The molecule has 1 aliphatic heterocycles. The van der Waals surface area contributed by atoms with Crippen LogP contribution in [0.3, 0.4) is 0 Å². The molecule has 2 aromatic carbocycles. The van der Waals surface area contributed by atoms with Gasteiger partial charge in [-0.1, -0.05) is 12.1 Å². The molecule has 27 heavy (non-hydrogen) atoms. The molecule has 2 aromatic rings. The summed E-state index contributed by atoms with van der Waals surface area (Å²) in [6, 6.07) is 12.6. The minimum atomic E-state index is -2.23. The lowest BCUT2D eigenvalue weighted by Gasteiger charge is -2.43. The van der Waals surface area contributed by atoms with Crippen molar-refractivity contribution in [3.8, 4) is 0 Å². The van der Waals surface area contributed by atoms with Crippen molar-refractivity contribution in [2.75, 3.05) is 5.32 Å². The van der Waals surface area contributed by atoms with Gasteiger partial charge in [0.05, 0.1) is 11.6 Å². The Labute approximate surface area is 160 Å². The van der Waals surface area contributed by atoms with E-state index in [-0.39, 0.29) is 6.04 Å². The molecule has 5 nitrogen and oxygen atoms in total. The Morgan fingerprint density at radius 3 is 2.74 bits per heavy atom. The SMILES string of the molecule is O=C(O)c1cccc(C2Nc3ccc(S(=O)[O-])cc3C3C4CCC(C4)C23)c1. The van der Waals surface area contributed by atoms with Crippen molar-refractivity contribution in [3.05, 3.63) is 59.2 Å². The van der Waals surface area contributed by atoms with Crippen molar-refractivity contribution in [3.63, 3.8) is 0 Å². The maximum absolute atomic E-state index is 11.4. The second-order valence-electron chi connectivity index (χ2n) is 7.97. The lowest BCUT2D eigenvalue weighted by atomic mass is 9.68. The largest absolute Gasteiger partial charge is 0.768 e. The molecule has 0 spiro atoms. The van der Waals surface area contributed by atoms with E-state index in [0.717, 1.165) is 16.8 Å². The zero-order chi connectivity index (χ0) is 18.7. The highest BCUT2D eigenvalue weighted by atomic mass is 32.2. The predicted molar refractivity (Wildman–Crippen MR) is 100 cm³/mol. The average Bonchev–Trinajstić information content (AvgIpc) is 3.29. The number of benzene rings is 2. The second-order valence-corrected chi connectivity index (χ2v) is 8.91. The van der Waals surface area contributed by atoms with Gasteiger partial charge >= 0.3 is 5.97 Å². The number of fused-ring (bicyclic) bond motifs is 7. The maximum Gasteiger partial charge on any atom is 0.335 e. The Balaban J connectivity index is 1.62. The van der Waals surface area contributed by atoms with E-state index in [9.17, 15) is 18.7 Å². The van der Waals surface area contributed by atoms with Gasteiger partial charge in [-0.2, -0.15) is 0 Å². The quantitative estimate of drug-likeness (QED) is 0.786. The number of carbonyl (C=O) groups is 1. The van der Waals surface area contributed by atoms with Crippen LogP contribution in [0.5, 0.6) is 0 Å². The van der Waals surface area contributed by atoms with Crippen LogP contribution < -0.4 is 5.32 Å². The van der Waals surface area contributed by atoms with Crippen molar-refractivity contribution in [2.45, 2.75) is 36.1 Å². The van der Waals surface area contributed by atoms with Crippen LogP contribution in [0.25, 0.3) is 0 Å². The van der Waals surface area contributed by atoms with Crippen LogP contribution in [0.4, 0.5) is 5.69 Å². The lowest BCUT2D eigenvalue weighted by molar-refractivity contribution is 0.0696. The van der Waals surface area contributed by atoms with Gasteiger partial charge < -0.3 is 15.0 Å². The smallest absolute Gasteiger partial charge is 0.335 e. The van der Waals surface area contributed by atoms with Gasteiger partial charge in [0, 0.05) is 10.6 Å². The van der Waals surface area contributed by atoms with E-state index in [4.69, 9.17) is 0 Å². The van der Waals surface area contributed by atoms with E-state index in [1.807, 2.05) is 24.3 Å². The summed E-state index contributed by atoms with van der Waals surface area (Å²) in [7, 11) is 0. The molecule has 2 bridgehead atoms. The molecule has 6 atom stereocenters. The first-order valence-corrected chi connectivity index (χ1v) is 10.4. The third-order valence-electron chi connectivity index (χ3n) is 6.74. The third-order valence-corrected chi connectivity index (χ3v) is 7.38. The Morgan fingerprint density at radius 1 is 1.15 bits per heavy atom. The fourth-order valence-electron chi connectivity index (χ4n) is 5.76. The molecule has 2 saturated carbocycles. The van der Waals surface area contributed by atoms with Crippen LogP contribution >= 0.6 is 0 Å². The van der Waals surface area contributed by atoms with Crippen molar-refractivity contribution < 1.29 is 18.7 Å². The molecular weight excluding hydrogens is 362 g/mol. The van der Waals surface area contributed by atoms with Gasteiger partial charge in [0.2, 0.25) is 0 Å². The number of hydrogen-bond acceptors (Lipinski definition) is 4. The number of hydrogen-bond donors (Lipinski definition) is 2. The zero-order valence-corrected chi connectivity index (χ0v) is 15.4. The summed E-state index contributed by atoms with van der Waals surface area (Å²) in [4.78, 5) is 11.7. The van der Waals surface area contributed by atoms with Crippen LogP contribution in [0.2, 0.25) is 0 Å². The molecule has 0 aromatic heterocycles. The molecular formula is C21H20NO4S-. The second kappa shape index (κ2) is 6.17. The van der Waals surface area contributed by atoms with E-state index >= 15 is 0 Å². The van der Waals surface area contributed by atoms with Gasteiger partial charge in [-0.25, -0.2) is 4.79 Å². The topological polar surface area (TPSA) is 89.5 Å². The normalized spacial score (nSPS) is 31.7. The van der Waals surface area contributed by atoms with Crippen LogP contribution in [0.1, 0.15) is 52.7 Å². The number of rotatable bonds is 3. The molecule has 5 rings (SSSR count).